The minimum absolute atomic E-state index is 0. The van der Waals surface area contributed by atoms with Crippen LogP contribution in [0.5, 0.6) is 0 Å². The van der Waals surface area contributed by atoms with Crippen LogP contribution in [0.3, 0.4) is 0 Å². The van der Waals surface area contributed by atoms with Crippen LogP contribution in [0.4, 0.5) is 5.95 Å². The van der Waals surface area contributed by atoms with Crippen LogP contribution in [0.2, 0.25) is 0 Å². The number of aromatic nitrogens is 3. The van der Waals surface area contributed by atoms with Gasteiger partial charge >= 0.3 is 0 Å². The summed E-state index contributed by atoms with van der Waals surface area (Å²) in [6, 6.07) is 10.3. The van der Waals surface area contributed by atoms with Crippen molar-refractivity contribution in [1.82, 2.24) is 29.7 Å². The third-order valence-corrected chi connectivity index (χ3v) is 9.07. The number of benzene rings is 1. The summed E-state index contributed by atoms with van der Waals surface area (Å²) in [7, 11) is 0. The number of nitrogens with zero attached hydrogens (tertiary/aromatic N) is 5. The van der Waals surface area contributed by atoms with E-state index in [9.17, 15) is 5.11 Å². The molecule has 1 aromatic carbocycles. The Kier molecular flexibility index (Phi) is 9.97. The second kappa shape index (κ2) is 13.6. The van der Waals surface area contributed by atoms with Crippen molar-refractivity contribution in [2.75, 3.05) is 51.1 Å². The van der Waals surface area contributed by atoms with E-state index in [4.69, 9.17) is 4.98 Å². The topological polar surface area (TPSA) is 81.5 Å². The molecule has 0 spiro atoms. The summed E-state index contributed by atoms with van der Waals surface area (Å²) in [4.78, 5) is 14.9. The van der Waals surface area contributed by atoms with Gasteiger partial charge in [-0.1, -0.05) is 31.2 Å². The van der Waals surface area contributed by atoms with Gasteiger partial charge in [-0.15, -0.1) is 12.4 Å². The SMILES string of the molecule is CCCNc1ncc2c(-c3ccc(CN4CCN(C5CCNCC5)CC4)cc3)cn(C3CCC(O)CC3)c2n1.Cl. The van der Waals surface area contributed by atoms with E-state index in [-0.39, 0.29) is 18.5 Å². The highest BCUT2D eigenvalue weighted by atomic mass is 35.5. The zero-order valence-corrected chi connectivity index (χ0v) is 24.7. The van der Waals surface area contributed by atoms with Crippen molar-refractivity contribution in [3.63, 3.8) is 0 Å². The highest BCUT2D eigenvalue weighted by Gasteiger charge is 2.26. The zero-order chi connectivity index (χ0) is 26.6. The minimum atomic E-state index is -0.168. The van der Waals surface area contributed by atoms with Gasteiger partial charge in [-0.05, 0) is 69.2 Å². The van der Waals surface area contributed by atoms with Crippen molar-refractivity contribution >= 4 is 29.4 Å². The predicted octanol–water partition coefficient (Wildman–Crippen LogP) is 4.69. The van der Waals surface area contributed by atoms with E-state index >= 15 is 0 Å². The molecule has 1 saturated carbocycles. The average molecular weight is 568 g/mol. The summed E-state index contributed by atoms with van der Waals surface area (Å²) in [5.41, 5.74) is 4.78. The molecule has 0 radical (unpaired) electrons. The second-order valence-corrected chi connectivity index (χ2v) is 11.8. The van der Waals surface area contributed by atoms with Gasteiger partial charge in [0.05, 0.1) is 6.10 Å². The van der Waals surface area contributed by atoms with Gasteiger partial charge in [0.15, 0.2) is 0 Å². The van der Waals surface area contributed by atoms with Crippen LogP contribution in [0.15, 0.2) is 36.7 Å². The standard InChI is InChI=1S/C31H45N7O.ClH/c1-2-13-33-31-34-20-28-29(22-38(30(28)35-31)26-7-9-27(39)10-8-26)24-5-3-23(4-6-24)21-36-16-18-37(19-17-36)25-11-14-32-15-12-25;/h3-6,20,22,25-27,32,39H,2,7-19,21H2,1H3,(H,33,34,35);1H. The number of anilines is 1. The molecule has 2 aliphatic heterocycles. The van der Waals surface area contributed by atoms with E-state index in [1.165, 1.54) is 55.7 Å². The molecule has 218 valence electrons. The summed E-state index contributed by atoms with van der Waals surface area (Å²) >= 11 is 0. The van der Waals surface area contributed by atoms with E-state index < -0.39 is 0 Å². The maximum absolute atomic E-state index is 10.1. The van der Waals surface area contributed by atoms with E-state index in [0.717, 1.165) is 75.4 Å². The first kappa shape index (κ1) is 29.3. The Morgan fingerprint density at radius 2 is 1.68 bits per heavy atom. The summed E-state index contributed by atoms with van der Waals surface area (Å²) in [5.74, 6) is 0.696. The minimum Gasteiger partial charge on any atom is -0.393 e. The number of hydrogen-bond donors (Lipinski definition) is 3. The van der Waals surface area contributed by atoms with Gasteiger partial charge in [-0.3, -0.25) is 9.80 Å². The monoisotopic (exact) mass is 567 g/mol. The summed E-state index contributed by atoms with van der Waals surface area (Å²) in [5, 5.41) is 18.0. The van der Waals surface area contributed by atoms with Crippen LogP contribution in [0.25, 0.3) is 22.2 Å². The number of nitrogens with one attached hydrogen (secondary N) is 2. The van der Waals surface area contributed by atoms with Gasteiger partial charge in [-0.25, -0.2) is 4.98 Å². The van der Waals surface area contributed by atoms with Gasteiger partial charge < -0.3 is 20.3 Å². The Hall–Kier alpha value is -2.23. The lowest BCUT2D eigenvalue weighted by Crippen LogP contribution is -2.52. The fourth-order valence-corrected chi connectivity index (χ4v) is 6.70. The molecule has 3 aliphatic rings. The molecule has 9 heteroatoms. The molecule has 1 aliphatic carbocycles. The van der Waals surface area contributed by atoms with E-state index in [1.54, 1.807) is 0 Å². The lowest BCUT2D eigenvalue weighted by Gasteiger charge is -2.40. The summed E-state index contributed by atoms with van der Waals surface area (Å²) in [6.07, 6.45) is 11.4. The van der Waals surface area contributed by atoms with Crippen LogP contribution < -0.4 is 10.6 Å². The number of hydrogen-bond acceptors (Lipinski definition) is 7. The molecular formula is C31H46ClN7O. The predicted molar refractivity (Wildman–Crippen MR) is 165 cm³/mol. The number of piperazine rings is 1. The van der Waals surface area contributed by atoms with Crippen LogP contribution in [0.1, 0.15) is 63.5 Å². The van der Waals surface area contributed by atoms with Gasteiger partial charge in [0.2, 0.25) is 5.95 Å². The van der Waals surface area contributed by atoms with E-state index in [2.05, 4.69) is 67.4 Å². The highest BCUT2D eigenvalue weighted by Crippen LogP contribution is 2.36. The lowest BCUT2D eigenvalue weighted by atomic mass is 9.93. The number of fused-ring (bicyclic) bond motifs is 1. The Labute approximate surface area is 245 Å². The molecule has 3 N–H and O–H groups in total. The van der Waals surface area contributed by atoms with Crippen LogP contribution in [0, 0.1) is 0 Å². The van der Waals surface area contributed by atoms with Crippen molar-refractivity contribution in [3.05, 3.63) is 42.2 Å². The number of rotatable bonds is 8. The number of piperidine rings is 1. The Morgan fingerprint density at radius 3 is 2.38 bits per heavy atom. The normalized spacial score (nSPS) is 23.2. The number of halogens is 1. The van der Waals surface area contributed by atoms with Crippen molar-refractivity contribution in [2.45, 2.75) is 76.6 Å². The van der Waals surface area contributed by atoms with Crippen LogP contribution in [-0.2, 0) is 6.54 Å². The van der Waals surface area contributed by atoms with Crippen molar-refractivity contribution in [2.24, 2.45) is 0 Å². The van der Waals surface area contributed by atoms with Crippen LogP contribution in [-0.4, -0.2) is 87.4 Å². The smallest absolute Gasteiger partial charge is 0.224 e. The highest BCUT2D eigenvalue weighted by molar-refractivity contribution is 5.94. The number of aliphatic hydroxyl groups excluding tert-OH is 1. The molecule has 2 aromatic heterocycles. The first-order valence-corrected chi connectivity index (χ1v) is 15.2. The van der Waals surface area contributed by atoms with Gasteiger partial charge in [0.25, 0.3) is 0 Å². The Morgan fingerprint density at radius 1 is 0.950 bits per heavy atom. The molecule has 2 saturated heterocycles. The van der Waals surface area contributed by atoms with E-state index in [1.807, 2.05) is 6.20 Å². The molecule has 4 heterocycles. The molecule has 8 nitrogen and oxygen atoms in total. The fourth-order valence-electron chi connectivity index (χ4n) is 6.70. The first-order valence-electron chi connectivity index (χ1n) is 15.2. The summed E-state index contributed by atoms with van der Waals surface area (Å²) < 4.78 is 2.35. The zero-order valence-electron chi connectivity index (χ0n) is 23.9. The van der Waals surface area contributed by atoms with Gasteiger partial charge in [-0.2, -0.15) is 4.98 Å². The molecule has 0 unspecified atom stereocenters. The lowest BCUT2D eigenvalue weighted by molar-refractivity contribution is 0.0784. The van der Waals surface area contributed by atoms with Crippen molar-refractivity contribution in [1.29, 1.82) is 0 Å². The molecule has 0 atom stereocenters. The average Bonchev–Trinajstić information content (AvgIpc) is 3.36. The Balaban J connectivity index is 0.00000323. The third kappa shape index (κ3) is 6.63. The molecule has 3 fully saturated rings. The maximum atomic E-state index is 10.1. The van der Waals surface area contributed by atoms with Crippen LogP contribution >= 0.6 is 12.4 Å². The quantitative estimate of drug-likeness (QED) is 0.364. The third-order valence-electron chi connectivity index (χ3n) is 9.07. The maximum Gasteiger partial charge on any atom is 0.224 e. The van der Waals surface area contributed by atoms with Gasteiger partial charge in [0.1, 0.15) is 5.65 Å². The summed E-state index contributed by atoms with van der Waals surface area (Å²) in [6.45, 7) is 11.1. The molecule has 3 aromatic rings. The van der Waals surface area contributed by atoms with Gasteiger partial charge in [0, 0.05) is 74.7 Å². The number of aliphatic hydroxyl groups is 1. The Bertz CT molecular complexity index is 1210. The van der Waals surface area contributed by atoms with E-state index in [0.29, 0.717) is 12.0 Å². The fraction of sp³-hybridized carbons (Fsp3) is 0.613. The molecule has 6 rings (SSSR count). The molecule has 0 bridgehead atoms. The molecular weight excluding hydrogens is 522 g/mol. The largest absolute Gasteiger partial charge is 0.393 e. The molecule has 40 heavy (non-hydrogen) atoms. The second-order valence-electron chi connectivity index (χ2n) is 11.8. The van der Waals surface area contributed by atoms with Crippen molar-refractivity contribution < 1.29 is 5.11 Å². The van der Waals surface area contributed by atoms with Crippen molar-refractivity contribution in [3.8, 4) is 11.1 Å². The molecule has 0 amide bonds. The first-order chi connectivity index (χ1) is 19.2.